The van der Waals surface area contributed by atoms with Crippen LogP contribution in [0.25, 0.3) is 0 Å². The van der Waals surface area contributed by atoms with Gasteiger partial charge < -0.3 is 20.6 Å². The first-order valence-electron chi connectivity index (χ1n) is 20.5. The fourth-order valence-corrected chi connectivity index (χ4v) is 6.39. The van der Waals surface area contributed by atoms with E-state index in [2.05, 4.69) is 31.3 Å². The van der Waals surface area contributed by atoms with Gasteiger partial charge in [0.25, 0.3) is 0 Å². The minimum Gasteiger partial charge on any atom is -0.394 e. The largest absolute Gasteiger partial charge is 0.394 e. The first kappa shape index (κ1) is 45.1. The van der Waals surface area contributed by atoms with E-state index in [1.807, 2.05) is 0 Å². The van der Waals surface area contributed by atoms with E-state index in [9.17, 15) is 20.1 Å². The number of amides is 1. The average molecular weight is 652 g/mol. The number of allylic oxidation sites excluding steroid dienone is 2. The minimum absolute atomic E-state index is 0.154. The van der Waals surface area contributed by atoms with E-state index in [1.165, 1.54) is 148 Å². The lowest BCUT2D eigenvalue weighted by Gasteiger charge is -2.26. The summed E-state index contributed by atoms with van der Waals surface area (Å²) < 4.78 is 0. The minimum atomic E-state index is -1.13. The Kier molecular flexibility index (Phi) is 36.2. The third kappa shape index (κ3) is 31.7. The molecule has 4 N–H and O–H groups in total. The van der Waals surface area contributed by atoms with Crippen LogP contribution < -0.4 is 5.32 Å². The highest BCUT2D eigenvalue weighted by molar-refractivity contribution is 5.76. The lowest BCUT2D eigenvalue weighted by molar-refractivity contribution is -0.124. The van der Waals surface area contributed by atoms with Crippen LogP contribution in [0, 0.1) is 0 Å². The molecular formula is C41H81NO4. The summed E-state index contributed by atoms with van der Waals surface area (Å²) in [6.45, 7) is 4.15. The van der Waals surface area contributed by atoms with Gasteiger partial charge >= 0.3 is 0 Å². The van der Waals surface area contributed by atoms with E-state index < -0.39 is 18.2 Å². The molecule has 0 aromatic heterocycles. The molecule has 5 nitrogen and oxygen atoms in total. The molecule has 0 spiro atoms. The highest BCUT2D eigenvalue weighted by atomic mass is 16.3. The summed E-state index contributed by atoms with van der Waals surface area (Å²) in [5, 5.41) is 33.4. The topological polar surface area (TPSA) is 89.8 Å². The van der Waals surface area contributed by atoms with Crippen LogP contribution in [0.2, 0.25) is 0 Å². The van der Waals surface area contributed by atoms with Gasteiger partial charge in [-0.1, -0.05) is 187 Å². The van der Waals surface area contributed by atoms with Gasteiger partial charge in [-0.05, 0) is 38.5 Å². The van der Waals surface area contributed by atoms with Gasteiger partial charge in [0.1, 0.15) is 6.10 Å². The molecule has 0 aromatic carbocycles. The van der Waals surface area contributed by atoms with Crippen molar-refractivity contribution in [2.75, 3.05) is 6.61 Å². The number of nitrogens with one attached hydrogen (secondary N) is 1. The van der Waals surface area contributed by atoms with Crippen LogP contribution in [0.1, 0.15) is 219 Å². The SMILES string of the molecule is CCCCC/C=C\CCCCCCCC(=O)NC(CO)C(O)C(O)CCCCCCCCCCCCCCCCCCCCCC. The van der Waals surface area contributed by atoms with Crippen LogP contribution in [0.3, 0.4) is 0 Å². The van der Waals surface area contributed by atoms with E-state index in [1.54, 1.807) is 0 Å². The molecule has 46 heavy (non-hydrogen) atoms. The van der Waals surface area contributed by atoms with Crippen LogP contribution >= 0.6 is 0 Å². The fourth-order valence-electron chi connectivity index (χ4n) is 6.39. The smallest absolute Gasteiger partial charge is 0.220 e. The molecule has 0 radical (unpaired) electrons. The van der Waals surface area contributed by atoms with E-state index in [0.29, 0.717) is 12.8 Å². The van der Waals surface area contributed by atoms with Crippen molar-refractivity contribution in [2.45, 2.75) is 238 Å². The standard InChI is InChI=1S/C41H81NO4/c1-3-5-7-9-11-13-15-17-18-19-20-21-22-23-24-25-27-29-31-33-35-39(44)41(46)38(37-43)42-40(45)36-34-32-30-28-26-16-14-12-10-8-6-4-2/h12,14,38-39,41,43-44,46H,3-11,13,15-37H2,1-2H3,(H,42,45)/b14-12-. The molecule has 0 rings (SSSR count). The molecule has 0 bridgehead atoms. The van der Waals surface area contributed by atoms with Crippen molar-refractivity contribution in [3.8, 4) is 0 Å². The summed E-state index contributed by atoms with van der Waals surface area (Å²) in [7, 11) is 0. The zero-order valence-corrected chi connectivity index (χ0v) is 31.0. The molecule has 0 aliphatic carbocycles. The second-order valence-corrected chi connectivity index (χ2v) is 14.2. The van der Waals surface area contributed by atoms with E-state index in [0.717, 1.165) is 44.9 Å². The molecular weight excluding hydrogens is 570 g/mol. The van der Waals surface area contributed by atoms with Gasteiger partial charge in [-0.15, -0.1) is 0 Å². The first-order chi connectivity index (χ1) is 22.6. The number of aliphatic hydroxyl groups is 3. The maximum absolute atomic E-state index is 12.3. The summed E-state index contributed by atoms with van der Waals surface area (Å²) in [5.74, 6) is -0.154. The molecule has 5 heteroatoms. The number of hydrogen-bond acceptors (Lipinski definition) is 4. The number of carbonyl (C=O) groups excluding carboxylic acids is 1. The third-order valence-corrected chi connectivity index (χ3v) is 9.62. The van der Waals surface area contributed by atoms with Gasteiger partial charge in [0.2, 0.25) is 5.91 Å². The zero-order valence-electron chi connectivity index (χ0n) is 31.0. The van der Waals surface area contributed by atoms with Gasteiger partial charge in [0, 0.05) is 6.42 Å². The Hall–Kier alpha value is -0.910. The van der Waals surface area contributed by atoms with E-state index in [4.69, 9.17) is 0 Å². The van der Waals surface area contributed by atoms with Crippen molar-refractivity contribution >= 4 is 5.91 Å². The highest BCUT2D eigenvalue weighted by Gasteiger charge is 2.26. The Bertz CT molecular complexity index is 640. The molecule has 0 saturated heterocycles. The highest BCUT2D eigenvalue weighted by Crippen LogP contribution is 2.16. The molecule has 0 saturated carbocycles. The van der Waals surface area contributed by atoms with Gasteiger partial charge in [-0.3, -0.25) is 4.79 Å². The number of hydrogen-bond donors (Lipinski definition) is 4. The van der Waals surface area contributed by atoms with Gasteiger partial charge in [0.05, 0.1) is 18.8 Å². The second kappa shape index (κ2) is 36.9. The first-order valence-corrected chi connectivity index (χ1v) is 20.5. The number of unbranched alkanes of at least 4 members (excludes halogenated alkanes) is 27. The lowest BCUT2D eigenvalue weighted by Crippen LogP contribution is -2.50. The molecule has 0 aliphatic heterocycles. The van der Waals surface area contributed by atoms with Gasteiger partial charge in [-0.25, -0.2) is 0 Å². The lowest BCUT2D eigenvalue weighted by atomic mass is 9.99. The van der Waals surface area contributed by atoms with Crippen molar-refractivity contribution in [1.29, 1.82) is 0 Å². The van der Waals surface area contributed by atoms with Crippen molar-refractivity contribution in [2.24, 2.45) is 0 Å². The summed E-state index contributed by atoms with van der Waals surface area (Å²) >= 11 is 0. The molecule has 0 aliphatic rings. The van der Waals surface area contributed by atoms with E-state index in [-0.39, 0.29) is 12.5 Å². The van der Waals surface area contributed by atoms with Crippen LogP contribution in [-0.4, -0.2) is 46.1 Å². The Balaban J connectivity index is 3.61. The third-order valence-electron chi connectivity index (χ3n) is 9.62. The van der Waals surface area contributed by atoms with Crippen LogP contribution in [0.15, 0.2) is 12.2 Å². The molecule has 274 valence electrons. The van der Waals surface area contributed by atoms with Crippen molar-refractivity contribution in [3.63, 3.8) is 0 Å². The number of rotatable bonds is 37. The molecule has 0 heterocycles. The Morgan fingerprint density at radius 1 is 0.522 bits per heavy atom. The Morgan fingerprint density at radius 3 is 1.30 bits per heavy atom. The second-order valence-electron chi connectivity index (χ2n) is 14.2. The Labute approximate surface area is 287 Å². The molecule has 0 aromatic rings. The van der Waals surface area contributed by atoms with E-state index >= 15 is 0 Å². The maximum Gasteiger partial charge on any atom is 0.220 e. The van der Waals surface area contributed by atoms with Crippen molar-refractivity contribution in [3.05, 3.63) is 12.2 Å². The Morgan fingerprint density at radius 2 is 0.870 bits per heavy atom. The van der Waals surface area contributed by atoms with Gasteiger partial charge in [-0.2, -0.15) is 0 Å². The quantitative estimate of drug-likeness (QED) is 0.0397. The summed E-state index contributed by atoms with van der Waals surface area (Å²) in [5.41, 5.74) is 0. The normalized spacial score (nSPS) is 13.8. The molecule has 3 atom stereocenters. The van der Waals surface area contributed by atoms with Crippen LogP contribution in [-0.2, 0) is 4.79 Å². The monoisotopic (exact) mass is 652 g/mol. The molecule has 1 amide bonds. The summed E-state index contributed by atoms with van der Waals surface area (Å²) in [6, 6.07) is -0.809. The van der Waals surface area contributed by atoms with Crippen LogP contribution in [0.4, 0.5) is 0 Å². The van der Waals surface area contributed by atoms with Gasteiger partial charge in [0.15, 0.2) is 0 Å². The summed E-state index contributed by atoms with van der Waals surface area (Å²) in [6.07, 6.45) is 41.7. The average Bonchev–Trinajstić information content (AvgIpc) is 3.06. The zero-order chi connectivity index (χ0) is 33.8. The van der Waals surface area contributed by atoms with Crippen LogP contribution in [0.5, 0.6) is 0 Å². The predicted molar refractivity (Wildman–Crippen MR) is 199 cm³/mol. The summed E-state index contributed by atoms with van der Waals surface area (Å²) in [4.78, 5) is 12.3. The van der Waals surface area contributed by atoms with Crippen molar-refractivity contribution in [1.82, 2.24) is 5.32 Å². The number of carbonyl (C=O) groups is 1. The molecule has 3 unspecified atom stereocenters. The fraction of sp³-hybridized carbons (Fsp3) is 0.927. The molecule has 0 fully saturated rings. The predicted octanol–water partition coefficient (Wildman–Crippen LogP) is 11.3. The number of aliphatic hydroxyl groups excluding tert-OH is 3. The van der Waals surface area contributed by atoms with Crippen molar-refractivity contribution < 1.29 is 20.1 Å². The maximum atomic E-state index is 12.3.